The van der Waals surface area contributed by atoms with Gasteiger partial charge in [-0.05, 0) is 6.92 Å². The van der Waals surface area contributed by atoms with E-state index in [9.17, 15) is 0 Å². The molecule has 0 aromatic heterocycles. The molecule has 0 bridgehead atoms. The summed E-state index contributed by atoms with van der Waals surface area (Å²) in [5, 5.41) is 8.24. The normalized spacial score (nSPS) is 24.6. The van der Waals surface area contributed by atoms with Crippen molar-refractivity contribution in [2.24, 2.45) is 5.73 Å². The van der Waals surface area contributed by atoms with E-state index in [1.54, 1.807) is 0 Å². The van der Waals surface area contributed by atoms with Gasteiger partial charge in [0.2, 0.25) is 0 Å². The standard InChI is InChI=1S/C6H11N3/c1-6(8)4-9(5-6)3-2-7/h3-5,8H2,1H3. The van der Waals surface area contributed by atoms with Gasteiger partial charge >= 0.3 is 0 Å². The number of nitrogens with zero attached hydrogens (tertiary/aromatic N) is 2. The van der Waals surface area contributed by atoms with Crippen molar-refractivity contribution < 1.29 is 0 Å². The molecule has 2 N–H and O–H groups in total. The fraction of sp³-hybridized carbons (Fsp3) is 0.833. The van der Waals surface area contributed by atoms with E-state index in [2.05, 4.69) is 6.07 Å². The molecule has 1 aliphatic heterocycles. The summed E-state index contributed by atoms with van der Waals surface area (Å²) in [5.74, 6) is 0. The molecular formula is C6H11N3. The highest BCUT2D eigenvalue weighted by Crippen LogP contribution is 2.15. The Labute approximate surface area is 55.1 Å². The first-order valence-corrected chi connectivity index (χ1v) is 3.02. The second kappa shape index (κ2) is 1.98. The lowest BCUT2D eigenvalue weighted by atomic mass is 9.94. The number of nitriles is 1. The van der Waals surface area contributed by atoms with Crippen LogP contribution in [0.5, 0.6) is 0 Å². The van der Waals surface area contributed by atoms with Crippen LogP contribution < -0.4 is 5.73 Å². The van der Waals surface area contributed by atoms with Gasteiger partial charge in [-0.1, -0.05) is 0 Å². The molecule has 1 heterocycles. The molecule has 0 aliphatic carbocycles. The zero-order chi connectivity index (χ0) is 6.91. The molecule has 0 amide bonds. The first-order valence-electron chi connectivity index (χ1n) is 3.02. The van der Waals surface area contributed by atoms with Gasteiger partial charge < -0.3 is 5.73 Å². The van der Waals surface area contributed by atoms with Gasteiger partial charge in [-0.15, -0.1) is 0 Å². The Morgan fingerprint density at radius 2 is 2.33 bits per heavy atom. The van der Waals surface area contributed by atoms with E-state index >= 15 is 0 Å². The summed E-state index contributed by atoms with van der Waals surface area (Å²) < 4.78 is 0. The predicted octanol–water partition coefficient (Wildman–Crippen LogP) is -0.457. The SMILES string of the molecule is CC1(N)CN(CC#N)C1. The molecule has 0 aromatic carbocycles. The smallest absolute Gasteiger partial charge is 0.0867 e. The molecule has 0 radical (unpaired) electrons. The van der Waals surface area contributed by atoms with Gasteiger partial charge in [-0.3, -0.25) is 4.90 Å². The Hall–Kier alpha value is -0.590. The summed E-state index contributed by atoms with van der Waals surface area (Å²) in [5.41, 5.74) is 5.66. The van der Waals surface area contributed by atoms with Crippen molar-refractivity contribution in [2.75, 3.05) is 19.6 Å². The van der Waals surface area contributed by atoms with Crippen LogP contribution in [0.3, 0.4) is 0 Å². The average Bonchev–Trinajstić information content (AvgIpc) is 1.62. The Morgan fingerprint density at radius 1 is 1.78 bits per heavy atom. The summed E-state index contributed by atoms with van der Waals surface area (Å²) >= 11 is 0. The van der Waals surface area contributed by atoms with Crippen LogP contribution in [0, 0.1) is 11.3 Å². The quantitative estimate of drug-likeness (QED) is 0.482. The molecule has 0 spiro atoms. The third-order valence-electron chi connectivity index (χ3n) is 1.46. The van der Waals surface area contributed by atoms with Crippen molar-refractivity contribution >= 4 is 0 Å². The second-order valence-electron chi connectivity index (χ2n) is 2.96. The molecule has 1 aliphatic rings. The van der Waals surface area contributed by atoms with Crippen LogP contribution in [0.25, 0.3) is 0 Å². The number of hydrogen-bond donors (Lipinski definition) is 1. The first kappa shape index (κ1) is 6.53. The molecule has 1 saturated heterocycles. The van der Waals surface area contributed by atoms with Crippen LogP contribution in [0.1, 0.15) is 6.92 Å². The van der Waals surface area contributed by atoms with E-state index in [-0.39, 0.29) is 5.54 Å². The number of likely N-dealkylation sites (tertiary alicyclic amines) is 1. The van der Waals surface area contributed by atoms with Crippen LogP contribution >= 0.6 is 0 Å². The van der Waals surface area contributed by atoms with Crippen molar-refractivity contribution in [3.05, 3.63) is 0 Å². The van der Waals surface area contributed by atoms with Gasteiger partial charge in [0.05, 0.1) is 12.6 Å². The van der Waals surface area contributed by atoms with Crippen molar-refractivity contribution in [1.82, 2.24) is 4.90 Å². The molecule has 50 valence electrons. The van der Waals surface area contributed by atoms with Crippen molar-refractivity contribution in [3.8, 4) is 6.07 Å². The third-order valence-corrected chi connectivity index (χ3v) is 1.46. The van der Waals surface area contributed by atoms with Crippen LogP contribution in [-0.4, -0.2) is 30.1 Å². The summed E-state index contributed by atoms with van der Waals surface area (Å²) in [6, 6.07) is 2.08. The van der Waals surface area contributed by atoms with E-state index in [0.29, 0.717) is 6.54 Å². The topological polar surface area (TPSA) is 53.0 Å². The Morgan fingerprint density at radius 3 is 2.67 bits per heavy atom. The Balaban J connectivity index is 2.21. The van der Waals surface area contributed by atoms with Crippen LogP contribution in [0.4, 0.5) is 0 Å². The minimum absolute atomic E-state index is 0.0309. The molecule has 0 unspecified atom stereocenters. The molecule has 0 aromatic rings. The van der Waals surface area contributed by atoms with Crippen molar-refractivity contribution in [2.45, 2.75) is 12.5 Å². The number of hydrogen-bond acceptors (Lipinski definition) is 3. The second-order valence-corrected chi connectivity index (χ2v) is 2.96. The largest absolute Gasteiger partial charge is 0.323 e. The summed E-state index contributed by atoms with van der Waals surface area (Å²) in [6.45, 7) is 4.24. The number of rotatable bonds is 1. The summed E-state index contributed by atoms with van der Waals surface area (Å²) in [7, 11) is 0. The maximum absolute atomic E-state index is 8.24. The van der Waals surface area contributed by atoms with Crippen LogP contribution in [-0.2, 0) is 0 Å². The van der Waals surface area contributed by atoms with Gasteiger partial charge in [-0.2, -0.15) is 5.26 Å². The van der Waals surface area contributed by atoms with Gasteiger partial charge in [0, 0.05) is 18.6 Å². The lowest BCUT2D eigenvalue weighted by Crippen LogP contribution is -2.65. The molecule has 3 heteroatoms. The van der Waals surface area contributed by atoms with Crippen LogP contribution in [0.15, 0.2) is 0 Å². The highest BCUT2D eigenvalue weighted by atomic mass is 15.2. The summed E-state index contributed by atoms with van der Waals surface area (Å²) in [6.07, 6.45) is 0. The average molecular weight is 125 g/mol. The third kappa shape index (κ3) is 1.41. The minimum atomic E-state index is -0.0309. The van der Waals surface area contributed by atoms with Crippen LogP contribution in [0.2, 0.25) is 0 Å². The van der Waals surface area contributed by atoms with E-state index in [1.165, 1.54) is 0 Å². The molecule has 1 fully saturated rings. The van der Waals surface area contributed by atoms with E-state index in [4.69, 9.17) is 11.0 Å². The molecule has 1 rings (SSSR count). The minimum Gasteiger partial charge on any atom is -0.323 e. The zero-order valence-electron chi connectivity index (χ0n) is 5.59. The van der Waals surface area contributed by atoms with E-state index < -0.39 is 0 Å². The van der Waals surface area contributed by atoms with Gasteiger partial charge in [0.25, 0.3) is 0 Å². The Kier molecular flexibility index (Phi) is 1.43. The lowest BCUT2D eigenvalue weighted by molar-refractivity contribution is 0.0996. The van der Waals surface area contributed by atoms with Crippen molar-refractivity contribution in [3.63, 3.8) is 0 Å². The highest BCUT2D eigenvalue weighted by Gasteiger charge is 2.33. The number of nitrogens with two attached hydrogens (primary N) is 1. The van der Waals surface area contributed by atoms with Gasteiger partial charge in [-0.25, -0.2) is 0 Å². The zero-order valence-corrected chi connectivity index (χ0v) is 5.59. The Bertz CT molecular complexity index is 137. The molecular weight excluding hydrogens is 114 g/mol. The molecule has 0 saturated carbocycles. The maximum atomic E-state index is 8.24. The summed E-state index contributed by atoms with van der Waals surface area (Å²) in [4.78, 5) is 2.03. The molecule has 9 heavy (non-hydrogen) atoms. The maximum Gasteiger partial charge on any atom is 0.0867 e. The predicted molar refractivity (Wildman–Crippen MR) is 34.6 cm³/mol. The van der Waals surface area contributed by atoms with E-state index in [1.807, 2.05) is 11.8 Å². The molecule has 0 atom stereocenters. The van der Waals surface area contributed by atoms with Gasteiger partial charge in [0.15, 0.2) is 0 Å². The molecule has 3 nitrogen and oxygen atoms in total. The fourth-order valence-corrected chi connectivity index (χ4v) is 1.19. The fourth-order valence-electron chi connectivity index (χ4n) is 1.19. The first-order chi connectivity index (χ1) is 4.14. The monoisotopic (exact) mass is 125 g/mol. The lowest BCUT2D eigenvalue weighted by Gasteiger charge is -2.44. The van der Waals surface area contributed by atoms with Gasteiger partial charge in [0.1, 0.15) is 0 Å². The van der Waals surface area contributed by atoms with E-state index in [0.717, 1.165) is 13.1 Å². The highest BCUT2D eigenvalue weighted by molar-refractivity contribution is 4.98. The van der Waals surface area contributed by atoms with Crippen molar-refractivity contribution in [1.29, 1.82) is 5.26 Å².